The summed E-state index contributed by atoms with van der Waals surface area (Å²) in [5.41, 5.74) is 3.08. The lowest BCUT2D eigenvalue weighted by Crippen LogP contribution is -2.31. The molecule has 3 heterocycles. The van der Waals surface area contributed by atoms with Crippen LogP contribution in [0.1, 0.15) is 11.1 Å². The van der Waals surface area contributed by atoms with Crippen LogP contribution >= 0.6 is 11.6 Å². The van der Waals surface area contributed by atoms with Crippen molar-refractivity contribution in [3.8, 4) is 0 Å². The van der Waals surface area contributed by atoms with Crippen molar-refractivity contribution in [1.82, 2.24) is 19.2 Å². The lowest BCUT2D eigenvalue weighted by molar-refractivity contribution is -0.117. The molecule has 9 heteroatoms. The molecule has 2 aromatic heterocycles. The quantitative estimate of drug-likeness (QED) is 0.534. The number of para-hydroxylation sites is 1. The topological polar surface area (TPSA) is 84.5 Å². The Morgan fingerprint density at radius 3 is 2.71 bits per heavy atom. The molecule has 1 N–H and O–H groups in total. The minimum absolute atomic E-state index is 0.228. The average Bonchev–Trinajstić information content (AvgIpc) is 3.10. The first-order valence-corrected chi connectivity index (χ1v) is 10.3. The molecular weight excluding hydrogens is 416 g/mol. The van der Waals surface area contributed by atoms with E-state index in [1.165, 1.54) is 15.5 Å². The van der Waals surface area contributed by atoms with Crippen LogP contribution in [0.5, 0.6) is 0 Å². The first kappa shape index (κ1) is 19.3. The summed E-state index contributed by atoms with van der Waals surface area (Å²) >= 11 is 6.09. The van der Waals surface area contributed by atoms with Gasteiger partial charge >= 0.3 is 5.69 Å². The van der Waals surface area contributed by atoms with Crippen LogP contribution in [-0.4, -0.2) is 31.6 Å². The van der Waals surface area contributed by atoms with Gasteiger partial charge in [-0.2, -0.15) is 0 Å². The molecule has 0 spiro atoms. The minimum Gasteiger partial charge on any atom is -0.349 e. The van der Waals surface area contributed by atoms with E-state index in [1.807, 2.05) is 12.1 Å². The first-order chi connectivity index (χ1) is 15.1. The highest BCUT2D eigenvalue weighted by Gasteiger charge is 2.22. The number of fused-ring (bicyclic) bond motifs is 2. The highest BCUT2D eigenvalue weighted by atomic mass is 35.5. The summed E-state index contributed by atoms with van der Waals surface area (Å²) in [4.78, 5) is 31.9. The van der Waals surface area contributed by atoms with Crippen molar-refractivity contribution in [3.05, 3.63) is 87.6 Å². The highest BCUT2D eigenvalue weighted by Crippen LogP contribution is 2.25. The maximum Gasteiger partial charge on any atom is 0.350 e. The van der Waals surface area contributed by atoms with E-state index >= 15 is 0 Å². The fraction of sp³-hybridized carbons (Fsp3) is 0.182. The van der Waals surface area contributed by atoms with Gasteiger partial charge in [0, 0.05) is 25.5 Å². The van der Waals surface area contributed by atoms with Crippen LogP contribution in [0.15, 0.2) is 65.7 Å². The van der Waals surface area contributed by atoms with Crippen LogP contribution in [-0.2, 0) is 24.3 Å². The standard InChI is InChI=1S/C22H19ClN6O2/c23-17-7-3-4-8-18(17)25-19(30)14-29-22(31)28-12-10-24-20(21(28)26-29)27-11-9-15-5-1-2-6-16(15)13-27/h1-8,10,12H,9,11,13-14H2,(H,25,30). The smallest absolute Gasteiger partial charge is 0.349 e. The van der Waals surface area contributed by atoms with Gasteiger partial charge in [-0.3, -0.25) is 4.79 Å². The number of anilines is 2. The molecule has 0 bridgehead atoms. The molecule has 5 rings (SSSR count). The predicted octanol–water partition coefficient (Wildman–Crippen LogP) is 2.75. The third kappa shape index (κ3) is 3.66. The molecule has 4 aromatic rings. The van der Waals surface area contributed by atoms with Crippen LogP contribution < -0.4 is 15.9 Å². The molecule has 0 fully saturated rings. The Hall–Kier alpha value is -3.65. The maximum atomic E-state index is 12.8. The average molecular weight is 435 g/mol. The summed E-state index contributed by atoms with van der Waals surface area (Å²) in [7, 11) is 0. The van der Waals surface area contributed by atoms with E-state index in [4.69, 9.17) is 11.6 Å². The van der Waals surface area contributed by atoms with Crippen LogP contribution in [0.4, 0.5) is 11.5 Å². The van der Waals surface area contributed by atoms with Gasteiger partial charge < -0.3 is 10.2 Å². The van der Waals surface area contributed by atoms with Crippen molar-refractivity contribution in [2.24, 2.45) is 0 Å². The van der Waals surface area contributed by atoms with Gasteiger partial charge in [0.25, 0.3) is 0 Å². The van der Waals surface area contributed by atoms with Gasteiger partial charge in [0.05, 0.1) is 10.7 Å². The Morgan fingerprint density at radius 2 is 1.87 bits per heavy atom. The van der Waals surface area contributed by atoms with Gasteiger partial charge in [-0.15, -0.1) is 5.10 Å². The highest BCUT2D eigenvalue weighted by molar-refractivity contribution is 6.33. The van der Waals surface area contributed by atoms with Crippen molar-refractivity contribution in [2.45, 2.75) is 19.5 Å². The van der Waals surface area contributed by atoms with Crippen molar-refractivity contribution in [1.29, 1.82) is 0 Å². The molecule has 0 saturated heterocycles. The van der Waals surface area contributed by atoms with Crippen LogP contribution in [0.2, 0.25) is 5.02 Å². The second-order valence-corrected chi connectivity index (χ2v) is 7.76. The molecule has 1 aliphatic rings. The third-order valence-corrected chi connectivity index (χ3v) is 5.68. The van der Waals surface area contributed by atoms with Crippen molar-refractivity contribution >= 4 is 34.7 Å². The van der Waals surface area contributed by atoms with E-state index in [-0.39, 0.29) is 12.5 Å². The number of nitrogens with zero attached hydrogens (tertiary/aromatic N) is 5. The number of carbonyl (C=O) groups excluding carboxylic acids is 1. The summed E-state index contributed by atoms with van der Waals surface area (Å²) in [5, 5.41) is 7.56. The monoisotopic (exact) mass is 434 g/mol. The zero-order chi connectivity index (χ0) is 21.4. The van der Waals surface area contributed by atoms with Gasteiger partial charge in [0.1, 0.15) is 6.54 Å². The second-order valence-electron chi connectivity index (χ2n) is 7.35. The van der Waals surface area contributed by atoms with E-state index in [0.29, 0.717) is 28.7 Å². The Morgan fingerprint density at radius 1 is 1.10 bits per heavy atom. The first-order valence-electron chi connectivity index (χ1n) is 9.90. The molecule has 0 radical (unpaired) electrons. The number of nitrogens with one attached hydrogen (secondary N) is 1. The van der Waals surface area contributed by atoms with Crippen molar-refractivity contribution in [2.75, 3.05) is 16.8 Å². The Bertz CT molecular complexity index is 1350. The zero-order valence-corrected chi connectivity index (χ0v) is 17.3. The Balaban J connectivity index is 1.43. The molecule has 0 saturated carbocycles. The molecule has 0 atom stereocenters. The fourth-order valence-corrected chi connectivity index (χ4v) is 4.01. The largest absolute Gasteiger partial charge is 0.350 e. The molecule has 2 aromatic carbocycles. The summed E-state index contributed by atoms with van der Waals surface area (Å²) in [6.45, 7) is 1.24. The van der Waals surface area contributed by atoms with Gasteiger partial charge in [-0.1, -0.05) is 48.0 Å². The number of hydrogen-bond acceptors (Lipinski definition) is 5. The van der Waals surface area contributed by atoms with Crippen LogP contribution in [0.3, 0.4) is 0 Å². The van der Waals surface area contributed by atoms with Crippen molar-refractivity contribution in [3.63, 3.8) is 0 Å². The van der Waals surface area contributed by atoms with E-state index in [9.17, 15) is 9.59 Å². The molecular formula is C22H19ClN6O2. The lowest BCUT2D eigenvalue weighted by atomic mass is 10.00. The third-order valence-electron chi connectivity index (χ3n) is 5.35. The minimum atomic E-state index is -0.398. The number of aromatic nitrogens is 4. The number of carbonyl (C=O) groups is 1. The number of halogens is 1. The summed E-state index contributed by atoms with van der Waals surface area (Å²) in [5.74, 6) is 0.236. The predicted molar refractivity (Wildman–Crippen MR) is 119 cm³/mol. The number of amides is 1. The van der Waals surface area contributed by atoms with Gasteiger partial charge in [-0.25, -0.2) is 18.9 Å². The molecule has 0 aliphatic carbocycles. The second kappa shape index (κ2) is 7.88. The van der Waals surface area contributed by atoms with Crippen LogP contribution in [0, 0.1) is 0 Å². The molecule has 156 valence electrons. The zero-order valence-electron chi connectivity index (χ0n) is 16.5. The normalized spacial score (nSPS) is 13.3. The molecule has 1 aliphatic heterocycles. The number of hydrogen-bond donors (Lipinski definition) is 1. The van der Waals surface area contributed by atoms with Crippen LogP contribution in [0.25, 0.3) is 5.65 Å². The van der Waals surface area contributed by atoms with Crippen molar-refractivity contribution < 1.29 is 4.79 Å². The number of rotatable bonds is 4. The van der Waals surface area contributed by atoms with E-state index < -0.39 is 5.69 Å². The summed E-state index contributed by atoms with van der Waals surface area (Å²) in [6.07, 6.45) is 4.04. The molecule has 1 amide bonds. The van der Waals surface area contributed by atoms with E-state index in [0.717, 1.165) is 17.6 Å². The summed E-state index contributed by atoms with van der Waals surface area (Å²) in [6, 6.07) is 15.2. The maximum absolute atomic E-state index is 12.8. The number of benzene rings is 2. The van der Waals surface area contributed by atoms with Gasteiger partial charge in [0.2, 0.25) is 11.6 Å². The van der Waals surface area contributed by atoms with Gasteiger partial charge in [-0.05, 0) is 29.7 Å². The van der Waals surface area contributed by atoms with E-state index in [1.54, 1.807) is 36.7 Å². The van der Waals surface area contributed by atoms with Gasteiger partial charge in [0.15, 0.2) is 5.82 Å². The SMILES string of the molecule is O=C(Cn1nc2c(N3CCc4ccccc4C3)nccn2c1=O)Nc1ccccc1Cl. The Kier molecular flexibility index (Phi) is 4.91. The molecule has 8 nitrogen and oxygen atoms in total. The summed E-state index contributed by atoms with van der Waals surface area (Å²) < 4.78 is 2.57. The lowest BCUT2D eigenvalue weighted by Gasteiger charge is -2.29. The molecule has 31 heavy (non-hydrogen) atoms. The Labute approximate surface area is 182 Å². The molecule has 0 unspecified atom stereocenters. The fourth-order valence-electron chi connectivity index (χ4n) is 3.83. The van der Waals surface area contributed by atoms with E-state index in [2.05, 4.69) is 32.4 Å².